The van der Waals surface area contributed by atoms with E-state index < -0.39 is 10.0 Å². The van der Waals surface area contributed by atoms with Crippen molar-refractivity contribution in [3.63, 3.8) is 0 Å². The summed E-state index contributed by atoms with van der Waals surface area (Å²) in [7, 11) is -3.51. The first-order chi connectivity index (χ1) is 12.3. The molecular formula is C19H29N3O3S. The van der Waals surface area contributed by atoms with Gasteiger partial charge in [0.05, 0.1) is 4.90 Å². The second-order valence-corrected chi connectivity index (χ2v) is 9.78. The van der Waals surface area contributed by atoms with E-state index in [0.717, 1.165) is 19.5 Å². The van der Waals surface area contributed by atoms with E-state index in [1.807, 2.05) is 11.8 Å². The Hall–Kier alpha value is -1.44. The normalized spacial score (nSPS) is 28.1. The monoisotopic (exact) mass is 379 g/mol. The van der Waals surface area contributed by atoms with Crippen molar-refractivity contribution in [2.45, 2.75) is 38.1 Å². The van der Waals surface area contributed by atoms with Crippen molar-refractivity contribution in [3.05, 3.63) is 29.8 Å². The zero-order chi connectivity index (χ0) is 18.9. The summed E-state index contributed by atoms with van der Waals surface area (Å²) in [5, 5.41) is 3.26. The molecule has 2 aliphatic heterocycles. The van der Waals surface area contributed by atoms with Gasteiger partial charge in [-0.25, -0.2) is 8.42 Å². The fourth-order valence-corrected chi connectivity index (χ4v) is 5.71. The van der Waals surface area contributed by atoms with Crippen molar-refractivity contribution >= 4 is 15.9 Å². The number of carbonyl (C=O) groups is 1. The van der Waals surface area contributed by atoms with Crippen LogP contribution in [-0.2, 0) is 10.0 Å². The van der Waals surface area contributed by atoms with E-state index in [-0.39, 0.29) is 16.8 Å². The molecule has 144 valence electrons. The van der Waals surface area contributed by atoms with Crippen LogP contribution in [0.25, 0.3) is 0 Å². The Bertz CT molecular complexity index is 738. The lowest BCUT2D eigenvalue weighted by molar-refractivity contribution is 0.0655. The van der Waals surface area contributed by atoms with Gasteiger partial charge in [-0.05, 0) is 49.4 Å². The number of rotatable bonds is 3. The van der Waals surface area contributed by atoms with Gasteiger partial charge >= 0.3 is 0 Å². The summed E-state index contributed by atoms with van der Waals surface area (Å²) < 4.78 is 27.5. The number of piperidine rings is 1. The van der Waals surface area contributed by atoms with E-state index in [1.54, 1.807) is 28.6 Å². The second kappa shape index (κ2) is 7.66. The molecule has 2 aliphatic rings. The fourth-order valence-electron chi connectivity index (χ4n) is 4.03. The maximum atomic E-state index is 12.9. The zero-order valence-electron chi connectivity index (χ0n) is 15.8. The van der Waals surface area contributed by atoms with Crippen LogP contribution in [0.4, 0.5) is 0 Å². The molecule has 1 aromatic carbocycles. The predicted octanol–water partition coefficient (Wildman–Crippen LogP) is 1.79. The lowest BCUT2D eigenvalue weighted by Crippen LogP contribution is -2.52. The van der Waals surface area contributed by atoms with Gasteiger partial charge in [-0.3, -0.25) is 4.79 Å². The number of benzene rings is 1. The van der Waals surface area contributed by atoms with Crippen LogP contribution >= 0.6 is 0 Å². The summed E-state index contributed by atoms with van der Waals surface area (Å²) in [5.41, 5.74) is 0.540. The van der Waals surface area contributed by atoms with Gasteiger partial charge in [0.1, 0.15) is 0 Å². The Morgan fingerprint density at radius 3 is 2.27 bits per heavy atom. The Morgan fingerprint density at radius 1 is 1.08 bits per heavy atom. The molecule has 0 bridgehead atoms. The van der Waals surface area contributed by atoms with Crippen molar-refractivity contribution in [1.29, 1.82) is 0 Å². The number of sulfonamides is 1. The van der Waals surface area contributed by atoms with Crippen LogP contribution in [-0.4, -0.2) is 62.3 Å². The summed E-state index contributed by atoms with van der Waals surface area (Å²) in [6.07, 6.45) is 1.06. The van der Waals surface area contributed by atoms with Crippen molar-refractivity contribution in [2.75, 3.05) is 32.7 Å². The van der Waals surface area contributed by atoms with Gasteiger partial charge in [-0.15, -0.1) is 0 Å². The Kier molecular flexibility index (Phi) is 5.69. The summed E-state index contributed by atoms with van der Waals surface area (Å²) in [6.45, 7) is 9.56. The van der Waals surface area contributed by atoms with Crippen molar-refractivity contribution in [3.8, 4) is 0 Å². The molecule has 1 aromatic rings. The first-order valence-corrected chi connectivity index (χ1v) is 10.8. The Balaban J connectivity index is 1.77. The number of nitrogens with zero attached hydrogens (tertiary/aromatic N) is 2. The van der Waals surface area contributed by atoms with Crippen LogP contribution in [0.5, 0.6) is 0 Å². The number of hydrogen-bond acceptors (Lipinski definition) is 4. The summed E-state index contributed by atoms with van der Waals surface area (Å²) in [5.74, 6) is 0.690. The van der Waals surface area contributed by atoms with Crippen molar-refractivity contribution in [1.82, 2.24) is 14.5 Å². The quantitative estimate of drug-likeness (QED) is 0.869. The average Bonchev–Trinajstić information content (AvgIpc) is 2.61. The standard InChI is InChI=1S/C19H29N3O3S/c1-14-10-15(2)13-21(12-14)26(24,25)18-6-4-17(5-7-18)19(23)22-9-8-20-11-16(22)3/h4-7,14-16,20H,8-13H2,1-3H3/t14?,15?,16-/m0/s1. The highest BCUT2D eigenvalue weighted by molar-refractivity contribution is 7.89. The molecule has 1 amide bonds. The third-order valence-electron chi connectivity index (χ3n) is 5.34. The fraction of sp³-hybridized carbons (Fsp3) is 0.632. The lowest BCUT2D eigenvalue weighted by atomic mass is 9.94. The van der Waals surface area contributed by atoms with E-state index in [1.165, 1.54) is 0 Å². The smallest absolute Gasteiger partial charge is 0.254 e. The molecular weight excluding hydrogens is 350 g/mol. The number of amides is 1. The van der Waals surface area contributed by atoms with Gasteiger partial charge in [0.2, 0.25) is 10.0 Å². The summed E-state index contributed by atoms with van der Waals surface area (Å²) in [6, 6.07) is 6.55. The topological polar surface area (TPSA) is 69.7 Å². The minimum Gasteiger partial charge on any atom is -0.333 e. The maximum Gasteiger partial charge on any atom is 0.254 e. The Morgan fingerprint density at radius 2 is 1.69 bits per heavy atom. The van der Waals surface area contributed by atoms with Gasteiger partial charge < -0.3 is 10.2 Å². The van der Waals surface area contributed by atoms with Crippen LogP contribution in [0.3, 0.4) is 0 Å². The molecule has 0 aromatic heterocycles. The van der Waals surface area contributed by atoms with E-state index >= 15 is 0 Å². The summed E-state index contributed by atoms with van der Waals surface area (Å²) in [4.78, 5) is 14.8. The predicted molar refractivity (Wildman–Crippen MR) is 102 cm³/mol. The molecule has 26 heavy (non-hydrogen) atoms. The highest BCUT2D eigenvalue weighted by atomic mass is 32.2. The number of carbonyl (C=O) groups excluding carboxylic acids is 1. The van der Waals surface area contributed by atoms with Gasteiger partial charge in [-0.2, -0.15) is 4.31 Å². The van der Waals surface area contributed by atoms with Gasteiger partial charge in [-0.1, -0.05) is 13.8 Å². The molecule has 1 N–H and O–H groups in total. The highest BCUT2D eigenvalue weighted by Crippen LogP contribution is 2.27. The maximum absolute atomic E-state index is 12.9. The number of nitrogens with one attached hydrogen (secondary N) is 1. The number of piperazine rings is 1. The Labute approximate surface area is 156 Å². The minimum absolute atomic E-state index is 0.0387. The molecule has 7 heteroatoms. The van der Waals surface area contributed by atoms with E-state index in [4.69, 9.17) is 0 Å². The molecule has 2 fully saturated rings. The molecule has 0 radical (unpaired) electrons. The largest absolute Gasteiger partial charge is 0.333 e. The molecule has 3 rings (SSSR count). The van der Waals surface area contributed by atoms with E-state index in [9.17, 15) is 13.2 Å². The molecule has 2 heterocycles. The average molecular weight is 380 g/mol. The summed E-state index contributed by atoms with van der Waals surface area (Å²) >= 11 is 0. The van der Waals surface area contributed by atoms with Gasteiger partial charge in [0.25, 0.3) is 5.91 Å². The van der Waals surface area contributed by atoms with Gasteiger partial charge in [0.15, 0.2) is 0 Å². The third kappa shape index (κ3) is 3.94. The molecule has 0 aliphatic carbocycles. The van der Waals surface area contributed by atoms with E-state index in [0.29, 0.717) is 37.0 Å². The number of hydrogen-bond donors (Lipinski definition) is 1. The van der Waals surface area contributed by atoms with Crippen LogP contribution in [0, 0.1) is 11.8 Å². The third-order valence-corrected chi connectivity index (χ3v) is 7.18. The van der Waals surface area contributed by atoms with Crippen LogP contribution < -0.4 is 5.32 Å². The molecule has 0 spiro atoms. The van der Waals surface area contributed by atoms with Crippen LogP contribution in [0.2, 0.25) is 0 Å². The van der Waals surface area contributed by atoms with Crippen molar-refractivity contribution < 1.29 is 13.2 Å². The highest BCUT2D eigenvalue weighted by Gasteiger charge is 2.32. The molecule has 3 atom stereocenters. The SMILES string of the molecule is CC1CC(C)CN(S(=O)(=O)c2ccc(C(=O)N3CCNC[C@@H]3C)cc2)C1. The first kappa shape index (κ1) is 19.3. The molecule has 2 saturated heterocycles. The minimum atomic E-state index is -3.51. The van der Waals surface area contributed by atoms with Crippen LogP contribution in [0.1, 0.15) is 37.6 Å². The molecule has 0 saturated carbocycles. The molecule has 6 nitrogen and oxygen atoms in total. The zero-order valence-corrected chi connectivity index (χ0v) is 16.6. The first-order valence-electron chi connectivity index (χ1n) is 9.41. The van der Waals surface area contributed by atoms with Crippen molar-refractivity contribution in [2.24, 2.45) is 11.8 Å². The lowest BCUT2D eigenvalue weighted by Gasteiger charge is -2.34. The van der Waals surface area contributed by atoms with Gasteiger partial charge in [0, 0.05) is 44.3 Å². The van der Waals surface area contributed by atoms with Crippen LogP contribution in [0.15, 0.2) is 29.2 Å². The second-order valence-electron chi connectivity index (χ2n) is 7.84. The molecule has 2 unspecified atom stereocenters. The van der Waals surface area contributed by atoms with E-state index in [2.05, 4.69) is 19.2 Å².